The predicted molar refractivity (Wildman–Crippen MR) is 101 cm³/mol. The summed E-state index contributed by atoms with van der Waals surface area (Å²) in [6.45, 7) is 12.5. The van der Waals surface area contributed by atoms with E-state index in [0.717, 1.165) is 12.8 Å². The van der Waals surface area contributed by atoms with Gasteiger partial charge in [0, 0.05) is 6.00 Å². The van der Waals surface area contributed by atoms with Gasteiger partial charge in [0.1, 0.15) is 7.85 Å². The minimum Gasteiger partial charge on any atom is -0.432 e. The summed E-state index contributed by atoms with van der Waals surface area (Å²) in [5.74, 6) is 0.211. The van der Waals surface area contributed by atoms with Gasteiger partial charge in [0.15, 0.2) is 8.32 Å². The van der Waals surface area contributed by atoms with Crippen molar-refractivity contribution in [2.45, 2.75) is 77.2 Å². The van der Waals surface area contributed by atoms with E-state index in [-0.39, 0.29) is 23.1 Å². The molecule has 1 saturated heterocycles. The summed E-state index contributed by atoms with van der Waals surface area (Å²) in [6, 6.07) is -0.329. The molecule has 0 aromatic carbocycles. The Balaban J connectivity index is 2.59. The standard InChI is InChI=1S/C16H34BO5PSi/c1-7-20-23(18,21-8-2)10-9-14-11-13(15(17)22-14)12-16(3,4)24(5,6)19/h13-15,19H,7-12H2,1-6H3/t13-,14-,15-/m1/s1. The van der Waals surface area contributed by atoms with Crippen LogP contribution in [0.25, 0.3) is 0 Å². The molecule has 0 aromatic rings. The average Bonchev–Trinajstić information content (AvgIpc) is 2.76. The maximum atomic E-state index is 12.5. The van der Waals surface area contributed by atoms with Gasteiger partial charge < -0.3 is 18.6 Å². The molecule has 5 nitrogen and oxygen atoms in total. The van der Waals surface area contributed by atoms with E-state index >= 15 is 0 Å². The highest BCUT2D eigenvalue weighted by Gasteiger charge is 2.43. The van der Waals surface area contributed by atoms with Gasteiger partial charge in [-0.3, -0.25) is 4.57 Å². The minimum atomic E-state index is -3.03. The molecule has 1 rings (SSSR count). The molecule has 24 heavy (non-hydrogen) atoms. The summed E-state index contributed by atoms with van der Waals surface area (Å²) >= 11 is 0. The molecule has 0 aromatic heterocycles. The molecule has 1 aliphatic heterocycles. The zero-order valence-electron chi connectivity index (χ0n) is 16.1. The summed E-state index contributed by atoms with van der Waals surface area (Å²) in [7, 11) is 0.854. The third kappa shape index (κ3) is 6.26. The van der Waals surface area contributed by atoms with Gasteiger partial charge in [-0.05, 0) is 57.2 Å². The molecule has 3 atom stereocenters. The summed E-state index contributed by atoms with van der Waals surface area (Å²) in [5, 5.41) is -0.126. The lowest BCUT2D eigenvalue weighted by Crippen LogP contribution is -2.41. The van der Waals surface area contributed by atoms with Crippen molar-refractivity contribution in [2.24, 2.45) is 5.92 Å². The molecule has 0 aliphatic carbocycles. The molecule has 1 N–H and O–H groups in total. The third-order valence-electron chi connectivity index (χ3n) is 5.19. The van der Waals surface area contributed by atoms with E-state index in [4.69, 9.17) is 21.6 Å². The first kappa shape index (κ1) is 22.4. The van der Waals surface area contributed by atoms with Gasteiger partial charge in [0.05, 0.1) is 25.5 Å². The Morgan fingerprint density at radius 2 is 1.83 bits per heavy atom. The fourth-order valence-corrected chi connectivity index (χ4v) is 5.50. The number of hydrogen-bond acceptors (Lipinski definition) is 5. The van der Waals surface area contributed by atoms with Crippen molar-refractivity contribution in [3.63, 3.8) is 0 Å². The first-order chi connectivity index (χ1) is 10.9. The molecule has 0 saturated carbocycles. The molecular weight excluding hydrogens is 342 g/mol. The second kappa shape index (κ2) is 8.83. The molecule has 2 radical (unpaired) electrons. The van der Waals surface area contributed by atoms with Crippen LogP contribution in [0.1, 0.15) is 47.0 Å². The van der Waals surface area contributed by atoms with Crippen LogP contribution >= 0.6 is 7.60 Å². The predicted octanol–water partition coefficient (Wildman–Crippen LogP) is 3.91. The molecule has 1 fully saturated rings. The van der Waals surface area contributed by atoms with E-state index in [1.807, 2.05) is 26.9 Å². The van der Waals surface area contributed by atoms with Crippen molar-refractivity contribution in [2.75, 3.05) is 19.4 Å². The molecule has 0 amide bonds. The van der Waals surface area contributed by atoms with E-state index in [1.54, 1.807) is 0 Å². The highest BCUT2D eigenvalue weighted by Crippen LogP contribution is 2.50. The van der Waals surface area contributed by atoms with E-state index in [2.05, 4.69) is 13.8 Å². The van der Waals surface area contributed by atoms with Crippen molar-refractivity contribution in [3.8, 4) is 0 Å². The first-order valence-corrected chi connectivity index (χ1v) is 13.6. The topological polar surface area (TPSA) is 65.0 Å². The van der Waals surface area contributed by atoms with E-state index < -0.39 is 15.9 Å². The Kier molecular flexibility index (Phi) is 8.24. The Morgan fingerprint density at radius 1 is 1.29 bits per heavy atom. The van der Waals surface area contributed by atoms with Crippen molar-refractivity contribution < 1.29 is 23.1 Å². The van der Waals surface area contributed by atoms with Crippen molar-refractivity contribution in [1.82, 2.24) is 0 Å². The highest BCUT2D eigenvalue weighted by molar-refractivity contribution is 7.53. The zero-order chi connectivity index (χ0) is 18.6. The quantitative estimate of drug-likeness (QED) is 0.463. The Morgan fingerprint density at radius 3 is 2.29 bits per heavy atom. The fraction of sp³-hybridized carbons (Fsp3) is 1.00. The highest BCUT2D eigenvalue weighted by atomic mass is 31.2. The average molecular weight is 376 g/mol. The number of ether oxygens (including phenoxy) is 1. The van der Waals surface area contributed by atoms with Gasteiger partial charge in [0.2, 0.25) is 0 Å². The zero-order valence-corrected chi connectivity index (χ0v) is 18.0. The van der Waals surface area contributed by atoms with Gasteiger partial charge in [-0.1, -0.05) is 13.8 Å². The van der Waals surface area contributed by atoms with Gasteiger partial charge in [-0.15, -0.1) is 0 Å². The van der Waals surface area contributed by atoms with Crippen LogP contribution in [-0.2, 0) is 18.3 Å². The molecule has 1 heterocycles. The minimum absolute atomic E-state index is 0.0292. The number of rotatable bonds is 10. The number of hydrogen-bond donors (Lipinski definition) is 1. The van der Waals surface area contributed by atoms with E-state index in [1.165, 1.54) is 0 Å². The van der Waals surface area contributed by atoms with Gasteiger partial charge >= 0.3 is 7.60 Å². The van der Waals surface area contributed by atoms with Gasteiger partial charge in [-0.2, -0.15) is 0 Å². The normalized spacial score (nSPS) is 26.0. The van der Waals surface area contributed by atoms with Crippen LogP contribution in [0.3, 0.4) is 0 Å². The lowest BCUT2D eigenvalue weighted by Gasteiger charge is -2.37. The smallest absolute Gasteiger partial charge is 0.330 e. The molecule has 8 heteroatoms. The third-order valence-corrected chi connectivity index (χ3v) is 10.8. The van der Waals surface area contributed by atoms with Crippen LogP contribution in [0.4, 0.5) is 0 Å². The maximum absolute atomic E-state index is 12.5. The van der Waals surface area contributed by atoms with Crippen molar-refractivity contribution in [1.29, 1.82) is 0 Å². The van der Waals surface area contributed by atoms with Crippen LogP contribution in [0.5, 0.6) is 0 Å². The second-order valence-corrected chi connectivity index (χ2v) is 14.5. The second-order valence-electron chi connectivity index (χ2n) is 7.82. The summed E-state index contributed by atoms with van der Waals surface area (Å²) in [4.78, 5) is 10.5. The molecule has 0 unspecified atom stereocenters. The molecule has 0 bridgehead atoms. The van der Waals surface area contributed by atoms with Crippen LogP contribution in [0, 0.1) is 5.92 Å². The molecule has 0 spiro atoms. The van der Waals surface area contributed by atoms with Crippen molar-refractivity contribution >= 4 is 23.8 Å². The summed E-state index contributed by atoms with van der Waals surface area (Å²) < 4.78 is 29.1. The Bertz CT molecular complexity index is 431. The van der Waals surface area contributed by atoms with Gasteiger partial charge in [0.25, 0.3) is 0 Å². The lowest BCUT2D eigenvalue weighted by molar-refractivity contribution is 0.0763. The van der Waals surface area contributed by atoms with Crippen LogP contribution in [-0.4, -0.2) is 52.4 Å². The van der Waals surface area contributed by atoms with E-state index in [9.17, 15) is 9.36 Å². The SMILES string of the molecule is [B][C@@H]1O[C@H](CCP(=O)(OCC)OCC)C[C@@H]1CC(C)(C)[Si](C)(C)O. The summed E-state index contributed by atoms with van der Waals surface area (Å²) in [5.41, 5.74) is 0. The largest absolute Gasteiger partial charge is 0.432 e. The van der Waals surface area contributed by atoms with Crippen LogP contribution < -0.4 is 0 Å². The fourth-order valence-electron chi connectivity index (χ4n) is 3.01. The maximum Gasteiger partial charge on any atom is 0.330 e. The van der Waals surface area contributed by atoms with E-state index in [0.29, 0.717) is 25.8 Å². The molecule has 140 valence electrons. The monoisotopic (exact) mass is 376 g/mol. The Hall–Kier alpha value is 0.352. The lowest BCUT2D eigenvalue weighted by atomic mass is 9.81. The van der Waals surface area contributed by atoms with Gasteiger partial charge in [-0.25, -0.2) is 0 Å². The first-order valence-electron chi connectivity index (χ1n) is 8.95. The van der Waals surface area contributed by atoms with Crippen LogP contribution in [0.2, 0.25) is 18.1 Å². The molecule has 1 aliphatic rings. The van der Waals surface area contributed by atoms with Crippen LogP contribution in [0.15, 0.2) is 0 Å². The summed E-state index contributed by atoms with van der Waals surface area (Å²) in [6.07, 6.45) is 2.60. The molecular formula is C16H34BO5PSi. The van der Waals surface area contributed by atoms with Crippen molar-refractivity contribution in [3.05, 3.63) is 0 Å². The Labute approximate surface area is 149 Å².